The Labute approximate surface area is 205 Å². The van der Waals surface area contributed by atoms with E-state index < -0.39 is 0 Å². The van der Waals surface area contributed by atoms with Crippen molar-refractivity contribution in [2.75, 3.05) is 0 Å². The van der Waals surface area contributed by atoms with E-state index in [0.717, 1.165) is 12.8 Å². The highest BCUT2D eigenvalue weighted by molar-refractivity contribution is 14.2. The maximum Gasteiger partial charge on any atom is 0.118 e. The maximum atomic E-state index is 4.86. The van der Waals surface area contributed by atoms with E-state index in [9.17, 15) is 0 Å². The van der Waals surface area contributed by atoms with E-state index in [0.29, 0.717) is 23.0 Å². The van der Waals surface area contributed by atoms with E-state index in [-0.39, 0.29) is 0 Å². The molecule has 0 saturated carbocycles. The summed E-state index contributed by atoms with van der Waals surface area (Å²) < 4.78 is 0. The third kappa shape index (κ3) is 5.68. The molecule has 2 aliphatic carbocycles. The lowest BCUT2D eigenvalue weighted by molar-refractivity contribution is 0.347. The van der Waals surface area contributed by atoms with Gasteiger partial charge in [-0.25, -0.2) is 0 Å². The number of hydrogen-bond acceptors (Lipinski definition) is 0. The number of benzene rings is 1. The fourth-order valence-electron chi connectivity index (χ4n) is 5.22. The lowest BCUT2D eigenvalue weighted by Crippen LogP contribution is -2.44. The largest absolute Gasteiger partial charge is 0.118 e. The summed E-state index contributed by atoms with van der Waals surface area (Å²) in [6, 6.07) is 0. The molecule has 3 rings (SSSR count). The van der Waals surface area contributed by atoms with Crippen LogP contribution in [0.4, 0.5) is 0 Å². The molecule has 150 valence electrons. The number of halogens is 2. The molecule has 0 heterocycles. The van der Waals surface area contributed by atoms with Gasteiger partial charge in [-0.1, -0.05) is 70.1 Å². The van der Waals surface area contributed by atoms with Gasteiger partial charge >= 0.3 is 0 Å². The summed E-state index contributed by atoms with van der Waals surface area (Å²) in [5.74, 6) is 0. The first kappa shape index (κ1) is 27.2. The molecule has 0 bridgehead atoms. The molecule has 6 heteroatoms. The van der Waals surface area contributed by atoms with Gasteiger partial charge in [-0.15, -0.1) is 25.4 Å². The summed E-state index contributed by atoms with van der Waals surface area (Å²) in [5, 5.41) is 0. The smallest absolute Gasteiger partial charge is 0.107 e. The van der Waals surface area contributed by atoms with E-state index >= 15 is 0 Å². The zero-order valence-electron chi connectivity index (χ0n) is 17.7. The molecule has 0 fully saturated rings. The van der Waals surface area contributed by atoms with Gasteiger partial charge in [-0.2, -0.15) is 0 Å². The number of rotatable bonds is 6. The molecule has 4 unspecified atom stereocenters. The van der Waals surface area contributed by atoms with Gasteiger partial charge in [0, 0.05) is 0 Å². The van der Waals surface area contributed by atoms with Crippen molar-refractivity contribution >= 4 is 71.4 Å². The Morgan fingerprint density at radius 3 is 1.39 bits per heavy atom. The summed E-state index contributed by atoms with van der Waals surface area (Å²) in [6.45, 7) is 17.4. The fourth-order valence-corrected chi connectivity index (χ4v) is 5.22. The number of fused-ring (bicyclic) bond motifs is 2. The van der Waals surface area contributed by atoms with Crippen LogP contribution in [0.15, 0.2) is 25.3 Å². The van der Waals surface area contributed by atoms with E-state index in [2.05, 4.69) is 97.1 Å². The second-order valence-electron chi connectivity index (χ2n) is 8.30. The van der Waals surface area contributed by atoms with E-state index in [1.807, 2.05) is 0 Å². The molecule has 0 amide bonds. The van der Waals surface area contributed by atoms with Crippen molar-refractivity contribution in [3.05, 3.63) is 58.7 Å². The van der Waals surface area contributed by atoms with Gasteiger partial charge in [-0.05, 0) is 96.6 Å². The van der Waals surface area contributed by atoms with Gasteiger partial charge in [0.1, 0.15) is 15.1 Å². The zero-order valence-corrected chi connectivity index (χ0v) is 24.0. The van der Waals surface area contributed by atoms with Gasteiger partial charge in [-0.3, -0.25) is 0 Å². The molecule has 0 N–H and O–H groups in total. The van der Waals surface area contributed by atoms with Crippen LogP contribution in [0, 0.1) is 13.8 Å². The Bertz CT molecular complexity index is 632. The maximum absolute atomic E-state index is 4.86. The van der Waals surface area contributed by atoms with Gasteiger partial charge < -0.3 is 0 Å². The second kappa shape index (κ2) is 12.3. The Hall–Kier alpha value is 1.15. The quantitative estimate of drug-likeness (QED) is 0.129. The number of allylic oxidation sites excluding steroid dienone is 2. The third-order valence-corrected chi connectivity index (χ3v) is 6.40. The molecule has 2 aliphatic rings. The van der Waals surface area contributed by atoms with Crippen LogP contribution in [0.5, 0.6) is 0 Å². The second-order valence-corrected chi connectivity index (χ2v) is 12.5. The highest BCUT2D eigenvalue weighted by Gasteiger charge is 2.48. The zero-order chi connectivity index (χ0) is 21.5. The van der Waals surface area contributed by atoms with E-state index in [1.165, 1.54) is 25.7 Å². The predicted octanol–water partition coefficient (Wildman–Crippen LogP) is 8.06. The molecule has 28 heavy (non-hydrogen) atoms. The molecule has 0 aliphatic heterocycles. The average Bonchev–Trinajstić information content (AvgIpc) is 2.61. The Morgan fingerprint density at radius 1 is 0.857 bits per heavy atom. The minimum absolute atomic E-state index is 0.389. The molecule has 1 aromatic carbocycles. The van der Waals surface area contributed by atoms with Crippen molar-refractivity contribution in [2.45, 2.75) is 77.0 Å². The predicted molar refractivity (Wildman–Crippen MR) is 153 cm³/mol. The fraction of sp³-hybridized carbons (Fsp3) is 0.545. The molecular weight excluding hydrogens is 602 g/mol. The summed E-state index contributed by atoms with van der Waals surface area (Å²) in [4.78, 5) is 0. The molecule has 0 aromatic heterocycles. The first-order chi connectivity index (χ1) is 13.2. The highest BCUT2D eigenvalue weighted by atomic mass is 127. The Kier molecular flexibility index (Phi) is 11.9. The third-order valence-electron chi connectivity index (χ3n) is 6.40. The van der Waals surface area contributed by atoms with Crippen LogP contribution in [0.3, 0.4) is 0 Å². The van der Waals surface area contributed by atoms with Crippen molar-refractivity contribution in [1.29, 1.82) is 0 Å². The van der Waals surface area contributed by atoms with Crippen LogP contribution in [0.25, 0.3) is 0 Å². The average molecular weight is 634 g/mol. The molecule has 1 aromatic rings. The standard InChI is InChI=1S/C22H30.2BHIP/c1-7-9-11-21(5)13-17-16(4)20-18(15(3)19(17)21)14-22(20,6)12-10-8-2;2*1-3-2/h7-8H,1-2,9-14H2,3-6H3;2*3H. The molecular formula is C22H32B2I2P2. The summed E-state index contributed by atoms with van der Waals surface area (Å²) in [5.41, 5.74) is 10.7. The summed E-state index contributed by atoms with van der Waals surface area (Å²) in [7, 11) is 9.72. The molecule has 0 spiro atoms. The van der Waals surface area contributed by atoms with Crippen molar-refractivity contribution in [2.24, 2.45) is 0 Å². The molecule has 0 nitrogen and oxygen atoms in total. The topological polar surface area (TPSA) is 0 Å². The molecule has 0 saturated heterocycles. The minimum atomic E-state index is 0.389. The van der Waals surface area contributed by atoms with Gasteiger partial charge in [0.15, 0.2) is 0 Å². The van der Waals surface area contributed by atoms with Crippen molar-refractivity contribution in [3.63, 3.8) is 0 Å². The van der Waals surface area contributed by atoms with Crippen molar-refractivity contribution in [3.8, 4) is 0 Å². The normalized spacial score (nSPS) is 24.2. The van der Waals surface area contributed by atoms with Crippen molar-refractivity contribution < 1.29 is 0 Å². The summed E-state index contributed by atoms with van der Waals surface area (Å²) >= 11 is 4.19. The highest BCUT2D eigenvalue weighted by Crippen LogP contribution is 2.56. The van der Waals surface area contributed by atoms with Crippen molar-refractivity contribution in [1.82, 2.24) is 0 Å². The van der Waals surface area contributed by atoms with Crippen LogP contribution < -0.4 is 0 Å². The Morgan fingerprint density at radius 2 is 1.14 bits per heavy atom. The van der Waals surface area contributed by atoms with E-state index in [1.54, 1.807) is 33.4 Å². The van der Waals surface area contributed by atoms with Crippen LogP contribution in [-0.2, 0) is 23.7 Å². The van der Waals surface area contributed by atoms with Gasteiger partial charge in [0.2, 0.25) is 0 Å². The lowest BCUT2D eigenvalue weighted by Gasteiger charge is -2.52. The van der Waals surface area contributed by atoms with Crippen LogP contribution >= 0.6 is 56.3 Å². The lowest BCUT2D eigenvalue weighted by atomic mass is 9.52. The summed E-state index contributed by atoms with van der Waals surface area (Å²) in [6.07, 6.45) is 12.5. The van der Waals surface area contributed by atoms with Crippen LogP contribution in [-0.4, -0.2) is 15.1 Å². The van der Waals surface area contributed by atoms with Gasteiger partial charge in [0.05, 0.1) is 0 Å². The van der Waals surface area contributed by atoms with Gasteiger partial charge in [0.25, 0.3) is 0 Å². The van der Waals surface area contributed by atoms with E-state index in [4.69, 9.17) is 15.1 Å². The molecule has 4 atom stereocenters. The molecule has 4 radical (unpaired) electrons. The minimum Gasteiger partial charge on any atom is -0.107 e. The number of hydrogen-bond donors (Lipinski definition) is 0. The SMILES string of the molecule is C=CCCC1(C)Cc2c(C)c3c(c(C)c21)CC3(C)CCC=C.[B]PI.[B]PI. The first-order valence-corrected chi connectivity index (χ1v) is 18.1. The Balaban J connectivity index is 0.000000582. The van der Waals surface area contributed by atoms with Crippen LogP contribution in [0.1, 0.15) is 72.9 Å². The first-order valence-electron chi connectivity index (χ1n) is 9.71. The van der Waals surface area contributed by atoms with Crippen LogP contribution in [0.2, 0.25) is 0 Å². The monoisotopic (exact) mass is 634 g/mol.